The second kappa shape index (κ2) is 7.92. The molecule has 4 N–H and O–H groups in total. The Morgan fingerprint density at radius 2 is 1.92 bits per heavy atom. The number of phenolic OH excluding ortho intramolecular Hbond substituents is 3. The van der Waals surface area contributed by atoms with Gasteiger partial charge in [-0.1, -0.05) is 6.07 Å². The van der Waals surface area contributed by atoms with Gasteiger partial charge >= 0.3 is 0 Å². The van der Waals surface area contributed by atoms with Crippen molar-refractivity contribution >= 4 is 12.0 Å². The van der Waals surface area contributed by atoms with Crippen molar-refractivity contribution in [2.75, 3.05) is 13.7 Å². The number of rotatable bonds is 6. The first kappa shape index (κ1) is 17.2. The summed E-state index contributed by atoms with van der Waals surface area (Å²) in [5, 5.41) is 30.8. The van der Waals surface area contributed by atoms with Crippen LogP contribution in [0.3, 0.4) is 0 Å². The summed E-state index contributed by atoms with van der Waals surface area (Å²) in [7, 11) is 1.49. The smallest absolute Gasteiger partial charge is 0.244 e. The molecule has 0 heterocycles. The third-order valence-corrected chi connectivity index (χ3v) is 3.38. The maximum absolute atomic E-state index is 11.8. The van der Waals surface area contributed by atoms with Crippen LogP contribution in [0.1, 0.15) is 11.1 Å². The summed E-state index contributed by atoms with van der Waals surface area (Å²) >= 11 is 0. The Labute approximate surface area is 139 Å². The number of amides is 1. The number of carbonyl (C=O) groups excluding carboxylic acids is 1. The van der Waals surface area contributed by atoms with Crippen LogP contribution in [0.25, 0.3) is 6.08 Å². The highest BCUT2D eigenvalue weighted by Crippen LogP contribution is 2.25. The molecule has 126 valence electrons. The fourth-order valence-corrected chi connectivity index (χ4v) is 2.12. The highest BCUT2D eigenvalue weighted by Gasteiger charge is 2.03. The second-order valence-electron chi connectivity index (χ2n) is 5.12. The number of nitrogens with one attached hydrogen (secondary N) is 1. The molecule has 0 unspecified atom stereocenters. The van der Waals surface area contributed by atoms with E-state index in [1.165, 1.54) is 37.5 Å². The van der Waals surface area contributed by atoms with E-state index in [2.05, 4.69) is 5.32 Å². The molecule has 0 saturated carbocycles. The molecule has 0 bridgehead atoms. The van der Waals surface area contributed by atoms with Gasteiger partial charge in [0, 0.05) is 24.3 Å². The van der Waals surface area contributed by atoms with E-state index in [0.717, 1.165) is 5.56 Å². The van der Waals surface area contributed by atoms with Gasteiger partial charge in [-0.3, -0.25) is 4.79 Å². The van der Waals surface area contributed by atoms with E-state index in [0.29, 0.717) is 24.3 Å². The summed E-state index contributed by atoms with van der Waals surface area (Å²) in [4.78, 5) is 11.8. The highest BCUT2D eigenvalue weighted by molar-refractivity contribution is 5.92. The zero-order valence-electron chi connectivity index (χ0n) is 13.2. The topological polar surface area (TPSA) is 99.0 Å². The van der Waals surface area contributed by atoms with Gasteiger partial charge in [0.2, 0.25) is 5.91 Å². The quantitative estimate of drug-likeness (QED) is 0.481. The van der Waals surface area contributed by atoms with Crippen molar-refractivity contribution in [3.63, 3.8) is 0 Å². The molecule has 0 spiro atoms. The van der Waals surface area contributed by atoms with E-state index in [-0.39, 0.29) is 23.2 Å². The Bertz CT molecular complexity index is 755. The van der Waals surface area contributed by atoms with Crippen LogP contribution in [0.5, 0.6) is 23.0 Å². The van der Waals surface area contributed by atoms with E-state index in [4.69, 9.17) is 4.74 Å². The first-order chi connectivity index (χ1) is 11.5. The fraction of sp³-hybridized carbons (Fsp3) is 0.167. The summed E-state index contributed by atoms with van der Waals surface area (Å²) in [5.74, 6) is -0.0657. The van der Waals surface area contributed by atoms with Crippen LogP contribution < -0.4 is 10.1 Å². The zero-order valence-corrected chi connectivity index (χ0v) is 13.2. The van der Waals surface area contributed by atoms with Crippen LogP contribution in [0.15, 0.2) is 42.5 Å². The maximum Gasteiger partial charge on any atom is 0.244 e. The third kappa shape index (κ3) is 4.67. The number of hydrogen-bond donors (Lipinski definition) is 4. The lowest BCUT2D eigenvalue weighted by atomic mass is 10.1. The van der Waals surface area contributed by atoms with Gasteiger partial charge in [0.05, 0.1) is 7.11 Å². The minimum Gasteiger partial charge on any atom is -0.508 e. The van der Waals surface area contributed by atoms with Gasteiger partial charge < -0.3 is 25.4 Å². The van der Waals surface area contributed by atoms with E-state index < -0.39 is 0 Å². The number of phenols is 3. The molecular weight excluding hydrogens is 310 g/mol. The lowest BCUT2D eigenvalue weighted by Crippen LogP contribution is -2.23. The molecule has 6 heteroatoms. The molecular formula is C18H19NO5. The van der Waals surface area contributed by atoms with Crippen LogP contribution in [0, 0.1) is 0 Å². The Hall–Kier alpha value is -3.15. The van der Waals surface area contributed by atoms with E-state index >= 15 is 0 Å². The predicted octanol–water partition coefficient (Wildman–Crippen LogP) is 2.18. The monoisotopic (exact) mass is 329 g/mol. The minimum absolute atomic E-state index is 0.0885. The van der Waals surface area contributed by atoms with Crippen LogP contribution >= 0.6 is 0 Å². The molecule has 0 aromatic heterocycles. The van der Waals surface area contributed by atoms with Gasteiger partial charge in [0.1, 0.15) is 11.5 Å². The molecule has 24 heavy (non-hydrogen) atoms. The molecule has 6 nitrogen and oxygen atoms in total. The van der Waals surface area contributed by atoms with Gasteiger partial charge in [-0.25, -0.2) is 0 Å². The van der Waals surface area contributed by atoms with Crippen molar-refractivity contribution in [3.05, 3.63) is 53.6 Å². The number of methoxy groups -OCH3 is 1. The lowest BCUT2D eigenvalue weighted by molar-refractivity contribution is -0.116. The molecule has 0 aliphatic carbocycles. The molecule has 0 atom stereocenters. The summed E-state index contributed by atoms with van der Waals surface area (Å²) in [6.07, 6.45) is 3.50. The van der Waals surface area contributed by atoms with E-state index in [1.807, 2.05) is 0 Å². The van der Waals surface area contributed by atoms with Crippen molar-refractivity contribution in [2.45, 2.75) is 6.42 Å². The summed E-state index contributed by atoms with van der Waals surface area (Å²) in [5.41, 5.74) is 1.48. The zero-order chi connectivity index (χ0) is 17.5. The van der Waals surface area contributed by atoms with Crippen LogP contribution in [0.2, 0.25) is 0 Å². The number of hydrogen-bond acceptors (Lipinski definition) is 5. The van der Waals surface area contributed by atoms with E-state index in [9.17, 15) is 20.1 Å². The standard InChI is InChI=1S/C18H19NO5/c1-24-17-11-14(20)5-3-13(17)4-7-18(23)19-9-8-12-2-6-15(21)16(22)10-12/h2-7,10-11,20-22H,8-9H2,1H3,(H,19,23)/b7-4-. The molecule has 0 aliphatic rings. The number of benzene rings is 2. The van der Waals surface area contributed by atoms with Gasteiger partial charge in [0.25, 0.3) is 0 Å². The van der Waals surface area contributed by atoms with Crippen LogP contribution in [-0.4, -0.2) is 34.9 Å². The molecule has 1 amide bonds. The average molecular weight is 329 g/mol. The molecule has 2 aromatic carbocycles. The van der Waals surface area contributed by atoms with Crippen molar-refractivity contribution in [3.8, 4) is 23.0 Å². The molecule has 0 radical (unpaired) electrons. The average Bonchev–Trinajstić information content (AvgIpc) is 2.56. The normalized spacial score (nSPS) is 10.7. The fourth-order valence-electron chi connectivity index (χ4n) is 2.12. The minimum atomic E-state index is -0.270. The van der Waals surface area contributed by atoms with Crippen LogP contribution in [0.4, 0.5) is 0 Å². The summed E-state index contributed by atoms with van der Waals surface area (Å²) in [6, 6.07) is 9.17. The Kier molecular flexibility index (Phi) is 5.68. The van der Waals surface area contributed by atoms with E-state index in [1.54, 1.807) is 18.2 Å². The van der Waals surface area contributed by atoms with Crippen molar-refractivity contribution < 1.29 is 24.9 Å². The highest BCUT2D eigenvalue weighted by atomic mass is 16.5. The van der Waals surface area contributed by atoms with Crippen LogP contribution in [-0.2, 0) is 11.2 Å². The predicted molar refractivity (Wildman–Crippen MR) is 90.2 cm³/mol. The van der Waals surface area contributed by atoms with Gasteiger partial charge in [-0.15, -0.1) is 0 Å². The Balaban J connectivity index is 1.88. The van der Waals surface area contributed by atoms with Crippen molar-refractivity contribution in [2.24, 2.45) is 0 Å². The third-order valence-electron chi connectivity index (χ3n) is 3.38. The molecule has 2 rings (SSSR count). The maximum atomic E-state index is 11.8. The Morgan fingerprint density at radius 1 is 1.12 bits per heavy atom. The summed E-state index contributed by atoms with van der Waals surface area (Å²) < 4.78 is 5.13. The first-order valence-corrected chi connectivity index (χ1v) is 7.33. The first-order valence-electron chi connectivity index (χ1n) is 7.33. The number of ether oxygens (including phenoxy) is 1. The lowest BCUT2D eigenvalue weighted by Gasteiger charge is -2.06. The van der Waals surface area contributed by atoms with Gasteiger partial charge in [-0.05, 0) is 42.3 Å². The van der Waals surface area contributed by atoms with Gasteiger partial charge in [-0.2, -0.15) is 0 Å². The molecule has 0 saturated heterocycles. The van der Waals surface area contributed by atoms with Crippen molar-refractivity contribution in [1.29, 1.82) is 0 Å². The second-order valence-corrected chi connectivity index (χ2v) is 5.12. The Morgan fingerprint density at radius 3 is 2.62 bits per heavy atom. The molecule has 0 aliphatic heterocycles. The SMILES string of the molecule is COc1cc(O)ccc1/C=C\C(=O)NCCc1ccc(O)c(O)c1. The number of aromatic hydroxyl groups is 3. The van der Waals surface area contributed by atoms with Crippen molar-refractivity contribution in [1.82, 2.24) is 5.32 Å². The summed E-state index contributed by atoms with van der Waals surface area (Å²) in [6.45, 7) is 0.389. The van der Waals surface area contributed by atoms with Gasteiger partial charge in [0.15, 0.2) is 11.5 Å². The molecule has 0 fully saturated rings. The molecule has 2 aromatic rings. The number of carbonyl (C=O) groups is 1. The largest absolute Gasteiger partial charge is 0.508 e.